The van der Waals surface area contributed by atoms with Gasteiger partial charge in [0.15, 0.2) is 5.13 Å². The van der Waals surface area contributed by atoms with Gasteiger partial charge in [0.1, 0.15) is 5.54 Å². The molecule has 2 heterocycles. The molecular weight excluding hydrogens is 400 g/mol. The Labute approximate surface area is 180 Å². The molecular formula is C22H26N4O3S. The van der Waals surface area contributed by atoms with Crippen LogP contribution in [0.5, 0.6) is 0 Å². The van der Waals surface area contributed by atoms with Crippen LogP contribution >= 0.6 is 11.3 Å². The Hall–Kier alpha value is -2.74. The van der Waals surface area contributed by atoms with Gasteiger partial charge < -0.3 is 5.32 Å². The molecule has 4 amide bonds. The summed E-state index contributed by atoms with van der Waals surface area (Å²) >= 11 is 1.32. The van der Waals surface area contributed by atoms with Crippen molar-refractivity contribution < 1.29 is 14.4 Å². The molecule has 8 heteroatoms. The standard InChI is InChI=1S/C22H26N4O3S/c1-16(27)26(18-10-6-5-7-11-18)21-23-17(15-30-21)14-25-19(28)22(24-20(25)29)12-8-3-2-4-9-13-22/h5-7,10-11,15H,2-4,8-9,12-14H2,1H3,(H,24,29). The predicted molar refractivity (Wildman–Crippen MR) is 116 cm³/mol. The quantitative estimate of drug-likeness (QED) is 0.736. The van der Waals surface area contributed by atoms with Crippen LogP contribution in [0, 0.1) is 0 Å². The molecule has 0 unspecified atom stereocenters. The topological polar surface area (TPSA) is 82.6 Å². The van der Waals surface area contributed by atoms with Crippen molar-refractivity contribution in [3.63, 3.8) is 0 Å². The average Bonchev–Trinajstić information content (AvgIpc) is 3.24. The van der Waals surface area contributed by atoms with Crippen LogP contribution in [0.25, 0.3) is 0 Å². The molecule has 0 bridgehead atoms. The van der Waals surface area contributed by atoms with Crippen molar-refractivity contribution in [3.8, 4) is 0 Å². The van der Waals surface area contributed by atoms with Crippen molar-refractivity contribution in [2.75, 3.05) is 4.90 Å². The zero-order chi connectivity index (χ0) is 21.1. The molecule has 2 aromatic rings. The first-order chi connectivity index (χ1) is 14.5. The summed E-state index contributed by atoms with van der Waals surface area (Å²) in [6.07, 6.45) is 6.68. The minimum absolute atomic E-state index is 0.115. The lowest BCUT2D eigenvalue weighted by Crippen LogP contribution is -2.47. The smallest absolute Gasteiger partial charge is 0.323 e. The van der Waals surface area contributed by atoms with Crippen molar-refractivity contribution in [3.05, 3.63) is 41.4 Å². The number of rotatable bonds is 4. The summed E-state index contributed by atoms with van der Waals surface area (Å²) in [4.78, 5) is 45.4. The molecule has 30 heavy (non-hydrogen) atoms. The van der Waals surface area contributed by atoms with Crippen molar-refractivity contribution in [1.29, 1.82) is 0 Å². The number of aromatic nitrogens is 1. The first-order valence-corrected chi connectivity index (χ1v) is 11.3. The van der Waals surface area contributed by atoms with Crippen molar-refractivity contribution in [2.24, 2.45) is 0 Å². The SMILES string of the molecule is CC(=O)N(c1ccccc1)c1nc(CN2C(=O)NC3(CCCCCCC3)C2=O)cs1. The number of anilines is 2. The van der Waals surface area contributed by atoms with Gasteiger partial charge in [-0.3, -0.25) is 19.4 Å². The molecule has 1 spiro atoms. The van der Waals surface area contributed by atoms with Gasteiger partial charge in [-0.15, -0.1) is 11.3 Å². The Kier molecular flexibility index (Phi) is 5.85. The summed E-state index contributed by atoms with van der Waals surface area (Å²) in [5.41, 5.74) is 0.573. The van der Waals surface area contributed by atoms with Crippen LogP contribution < -0.4 is 10.2 Å². The van der Waals surface area contributed by atoms with E-state index in [1.807, 2.05) is 30.3 Å². The van der Waals surface area contributed by atoms with Crippen molar-refractivity contribution in [2.45, 2.75) is 64.0 Å². The second kappa shape index (κ2) is 8.55. The van der Waals surface area contributed by atoms with Crippen LogP contribution in [0.4, 0.5) is 15.6 Å². The van der Waals surface area contributed by atoms with E-state index in [4.69, 9.17) is 0 Å². The lowest BCUT2D eigenvalue weighted by atomic mass is 9.84. The van der Waals surface area contributed by atoms with Crippen LogP contribution in [0.1, 0.15) is 57.6 Å². The van der Waals surface area contributed by atoms with Gasteiger partial charge in [-0.2, -0.15) is 0 Å². The highest BCUT2D eigenvalue weighted by Crippen LogP contribution is 2.34. The molecule has 1 saturated carbocycles. The molecule has 1 aromatic heterocycles. The number of thiazole rings is 1. The number of nitrogens with one attached hydrogen (secondary N) is 1. The first kappa shape index (κ1) is 20.5. The molecule has 0 atom stereocenters. The van der Waals surface area contributed by atoms with Crippen molar-refractivity contribution >= 4 is 40.0 Å². The number of amides is 4. The summed E-state index contributed by atoms with van der Waals surface area (Å²) in [5, 5.41) is 5.31. The summed E-state index contributed by atoms with van der Waals surface area (Å²) in [6.45, 7) is 1.60. The number of hydrogen-bond donors (Lipinski definition) is 1. The number of carbonyl (C=O) groups is 3. The molecule has 0 radical (unpaired) electrons. The number of benzene rings is 1. The highest BCUT2D eigenvalue weighted by atomic mass is 32.1. The van der Waals surface area contributed by atoms with E-state index in [0.717, 1.165) is 31.4 Å². The van der Waals surface area contributed by atoms with E-state index in [1.54, 1.807) is 5.38 Å². The average molecular weight is 427 g/mol. The van der Waals surface area contributed by atoms with Crippen LogP contribution in [0.2, 0.25) is 0 Å². The Morgan fingerprint density at radius 1 is 1.13 bits per heavy atom. The highest BCUT2D eigenvalue weighted by Gasteiger charge is 2.50. The van der Waals surface area contributed by atoms with Gasteiger partial charge in [-0.1, -0.05) is 50.3 Å². The molecule has 7 nitrogen and oxygen atoms in total. The Bertz CT molecular complexity index is 935. The number of imide groups is 1. The fourth-order valence-corrected chi connectivity index (χ4v) is 5.18. The number of carbonyl (C=O) groups excluding carboxylic acids is 3. The van der Waals surface area contributed by atoms with Gasteiger partial charge in [0.25, 0.3) is 5.91 Å². The maximum atomic E-state index is 13.2. The largest absolute Gasteiger partial charge is 0.325 e. The number of para-hydroxylation sites is 1. The van der Waals surface area contributed by atoms with E-state index in [1.165, 1.54) is 34.5 Å². The zero-order valence-corrected chi connectivity index (χ0v) is 17.9. The van der Waals surface area contributed by atoms with Crippen LogP contribution in [-0.2, 0) is 16.1 Å². The van der Waals surface area contributed by atoms with E-state index in [9.17, 15) is 14.4 Å². The van der Waals surface area contributed by atoms with Gasteiger partial charge >= 0.3 is 6.03 Å². The Morgan fingerprint density at radius 2 is 1.80 bits per heavy atom. The molecule has 2 aliphatic rings. The second-order valence-electron chi connectivity index (χ2n) is 7.98. The van der Waals surface area contributed by atoms with Crippen LogP contribution in [0.3, 0.4) is 0 Å². The summed E-state index contributed by atoms with van der Waals surface area (Å²) in [6, 6.07) is 8.96. The number of hydrogen-bond acceptors (Lipinski definition) is 5. The highest BCUT2D eigenvalue weighted by molar-refractivity contribution is 7.14. The molecule has 158 valence electrons. The second-order valence-corrected chi connectivity index (χ2v) is 8.82. The van der Waals surface area contributed by atoms with Crippen LogP contribution in [-0.4, -0.2) is 33.3 Å². The lowest BCUT2D eigenvalue weighted by Gasteiger charge is -2.28. The molecule has 2 fully saturated rings. The summed E-state index contributed by atoms with van der Waals surface area (Å²) < 4.78 is 0. The minimum atomic E-state index is -0.758. The van der Waals surface area contributed by atoms with E-state index < -0.39 is 5.54 Å². The minimum Gasteiger partial charge on any atom is -0.323 e. The first-order valence-electron chi connectivity index (χ1n) is 10.4. The summed E-state index contributed by atoms with van der Waals surface area (Å²) in [7, 11) is 0. The lowest BCUT2D eigenvalue weighted by molar-refractivity contribution is -0.132. The van der Waals surface area contributed by atoms with E-state index in [0.29, 0.717) is 23.7 Å². The van der Waals surface area contributed by atoms with E-state index >= 15 is 0 Å². The molecule has 4 rings (SSSR count). The Balaban J connectivity index is 1.52. The van der Waals surface area contributed by atoms with E-state index in [2.05, 4.69) is 10.3 Å². The van der Waals surface area contributed by atoms with Gasteiger partial charge in [0.2, 0.25) is 5.91 Å². The van der Waals surface area contributed by atoms with Gasteiger partial charge in [0, 0.05) is 12.3 Å². The van der Waals surface area contributed by atoms with E-state index in [-0.39, 0.29) is 24.4 Å². The van der Waals surface area contributed by atoms with Gasteiger partial charge in [-0.25, -0.2) is 9.78 Å². The summed E-state index contributed by atoms with van der Waals surface area (Å²) in [5.74, 6) is -0.291. The normalized spacial score (nSPS) is 18.8. The fraction of sp³-hybridized carbons (Fsp3) is 0.455. The fourth-order valence-electron chi connectivity index (χ4n) is 4.31. The third-order valence-electron chi connectivity index (χ3n) is 5.83. The third kappa shape index (κ3) is 3.96. The molecule has 1 aromatic carbocycles. The monoisotopic (exact) mass is 426 g/mol. The van der Waals surface area contributed by atoms with Crippen LogP contribution in [0.15, 0.2) is 35.7 Å². The maximum Gasteiger partial charge on any atom is 0.325 e. The van der Waals surface area contributed by atoms with Crippen molar-refractivity contribution in [1.82, 2.24) is 15.2 Å². The molecule has 1 aliphatic heterocycles. The third-order valence-corrected chi connectivity index (χ3v) is 6.71. The Morgan fingerprint density at radius 3 is 2.47 bits per heavy atom. The zero-order valence-electron chi connectivity index (χ0n) is 17.1. The number of nitrogens with zero attached hydrogens (tertiary/aromatic N) is 3. The molecule has 1 saturated heterocycles. The van der Waals surface area contributed by atoms with Gasteiger partial charge in [-0.05, 0) is 25.0 Å². The molecule has 1 N–H and O–H groups in total. The predicted octanol–water partition coefficient (Wildman–Crippen LogP) is 4.36. The van der Waals surface area contributed by atoms with Gasteiger partial charge in [0.05, 0.1) is 17.9 Å². The number of urea groups is 1. The maximum absolute atomic E-state index is 13.2. The molecule has 1 aliphatic carbocycles.